The molecule has 2 atom stereocenters. The Hall–Kier alpha value is -2.77. The second-order valence-electron chi connectivity index (χ2n) is 6.25. The SMILES string of the molecule is C=CCC(Oc1ccc(OC2CCCCO2)cc1)c1ccc(C#N)cc1. The van der Waals surface area contributed by atoms with Gasteiger partial charge in [-0.05, 0) is 54.8 Å². The molecule has 2 unspecified atom stereocenters. The zero-order valence-corrected chi connectivity index (χ0v) is 14.8. The molecule has 134 valence electrons. The van der Waals surface area contributed by atoms with Crippen LogP contribution in [0.1, 0.15) is 42.9 Å². The van der Waals surface area contributed by atoms with Crippen LogP contribution in [-0.4, -0.2) is 12.9 Å². The van der Waals surface area contributed by atoms with Gasteiger partial charge in [0.25, 0.3) is 0 Å². The first-order chi connectivity index (χ1) is 12.8. The monoisotopic (exact) mass is 349 g/mol. The lowest BCUT2D eigenvalue weighted by Gasteiger charge is -2.23. The van der Waals surface area contributed by atoms with E-state index in [1.54, 1.807) is 12.1 Å². The maximum Gasteiger partial charge on any atom is 0.199 e. The second-order valence-corrected chi connectivity index (χ2v) is 6.25. The fourth-order valence-electron chi connectivity index (χ4n) is 2.89. The number of benzene rings is 2. The fourth-order valence-corrected chi connectivity index (χ4v) is 2.89. The summed E-state index contributed by atoms with van der Waals surface area (Å²) in [5.41, 5.74) is 1.65. The van der Waals surface area contributed by atoms with Crippen molar-refractivity contribution in [1.29, 1.82) is 5.26 Å². The summed E-state index contributed by atoms with van der Waals surface area (Å²) < 4.78 is 17.6. The highest BCUT2D eigenvalue weighted by molar-refractivity contribution is 5.35. The van der Waals surface area contributed by atoms with E-state index in [4.69, 9.17) is 19.5 Å². The van der Waals surface area contributed by atoms with Crippen molar-refractivity contribution in [1.82, 2.24) is 0 Å². The van der Waals surface area contributed by atoms with Crippen molar-refractivity contribution in [2.45, 2.75) is 38.1 Å². The molecule has 1 heterocycles. The lowest BCUT2D eigenvalue weighted by atomic mass is 10.0. The van der Waals surface area contributed by atoms with Crippen LogP contribution >= 0.6 is 0 Å². The van der Waals surface area contributed by atoms with Crippen molar-refractivity contribution in [2.24, 2.45) is 0 Å². The first-order valence-corrected chi connectivity index (χ1v) is 8.94. The van der Waals surface area contributed by atoms with E-state index in [1.165, 1.54) is 0 Å². The first-order valence-electron chi connectivity index (χ1n) is 8.94. The Morgan fingerprint density at radius 1 is 1.12 bits per heavy atom. The number of rotatable bonds is 7. The molecule has 0 N–H and O–H groups in total. The maximum atomic E-state index is 8.93. The number of hydrogen-bond acceptors (Lipinski definition) is 4. The number of nitrogens with zero attached hydrogens (tertiary/aromatic N) is 1. The highest BCUT2D eigenvalue weighted by Gasteiger charge is 2.16. The van der Waals surface area contributed by atoms with Gasteiger partial charge in [-0.1, -0.05) is 18.2 Å². The molecule has 1 aliphatic rings. The highest BCUT2D eigenvalue weighted by Crippen LogP contribution is 2.28. The molecule has 4 heteroatoms. The molecule has 26 heavy (non-hydrogen) atoms. The molecule has 2 aromatic carbocycles. The Bertz CT molecular complexity index is 740. The van der Waals surface area contributed by atoms with E-state index in [1.807, 2.05) is 42.5 Å². The number of nitriles is 1. The standard InChI is InChI=1S/C22H23NO3/c1-2-5-21(18-9-7-17(16-23)8-10-18)25-19-11-13-20(14-12-19)26-22-6-3-4-15-24-22/h2,7-14,21-22H,1,3-6,15H2. The quantitative estimate of drug-likeness (QED) is 0.648. The lowest BCUT2D eigenvalue weighted by molar-refractivity contribution is -0.105. The van der Waals surface area contributed by atoms with Gasteiger partial charge in [0, 0.05) is 12.8 Å². The normalized spacial score (nSPS) is 17.7. The van der Waals surface area contributed by atoms with Gasteiger partial charge in [0.2, 0.25) is 0 Å². The molecule has 0 amide bonds. The van der Waals surface area contributed by atoms with E-state index >= 15 is 0 Å². The van der Waals surface area contributed by atoms with Gasteiger partial charge in [0.15, 0.2) is 6.29 Å². The van der Waals surface area contributed by atoms with Crippen molar-refractivity contribution in [3.8, 4) is 17.6 Å². The Morgan fingerprint density at radius 2 is 1.85 bits per heavy atom. The number of ether oxygens (including phenoxy) is 3. The van der Waals surface area contributed by atoms with Crippen LogP contribution in [0.3, 0.4) is 0 Å². The van der Waals surface area contributed by atoms with Gasteiger partial charge in [-0.3, -0.25) is 0 Å². The molecule has 2 aromatic rings. The molecule has 1 aliphatic heterocycles. The van der Waals surface area contributed by atoms with Gasteiger partial charge in [0.1, 0.15) is 17.6 Å². The van der Waals surface area contributed by atoms with E-state index in [0.29, 0.717) is 12.0 Å². The van der Waals surface area contributed by atoms with Gasteiger partial charge >= 0.3 is 0 Å². The average Bonchev–Trinajstić information content (AvgIpc) is 2.70. The summed E-state index contributed by atoms with van der Waals surface area (Å²) >= 11 is 0. The van der Waals surface area contributed by atoms with Crippen molar-refractivity contribution in [3.63, 3.8) is 0 Å². The van der Waals surface area contributed by atoms with Crippen LogP contribution in [0.15, 0.2) is 61.2 Å². The van der Waals surface area contributed by atoms with E-state index in [9.17, 15) is 0 Å². The zero-order valence-electron chi connectivity index (χ0n) is 14.8. The summed E-state index contributed by atoms with van der Waals surface area (Å²) in [6.45, 7) is 4.58. The molecule has 0 spiro atoms. The third kappa shape index (κ3) is 4.87. The summed E-state index contributed by atoms with van der Waals surface area (Å²) in [5.74, 6) is 1.54. The lowest BCUT2D eigenvalue weighted by Crippen LogP contribution is -2.24. The second kappa shape index (κ2) is 9.07. The molecule has 1 fully saturated rings. The number of hydrogen-bond donors (Lipinski definition) is 0. The zero-order chi connectivity index (χ0) is 18.2. The third-order valence-corrected chi connectivity index (χ3v) is 4.30. The first kappa shape index (κ1) is 18.0. The molecule has 0 radical (unpaired) electrons. The van der Waals surface area contributed by atoms with Gasteiger partial charge in [-0.25, -0.2) is 0 Å². The molecular formula is C22H23NO3. The highest BCUT2D eigenvalue weighted by atomic mass is 16.7. The van der Waals surface area contributed by atoms with E-state index < -0.39 is 0 Å². The van der Waals surface area contributed by atoms with Gasteiger partial charge in [0.05, 0.1) is 18.2 Å². The van der Waals surface area contributed by atoms with Crippen LogP contribution in [-0.2, 0) is 4.74 Å². The summed E-state index contributed by atoms with van der Waals surface area (Å²) in [7, 11) is 0. The van der Waals surface area contributed by atoms with Gasteiger partial charge in [-0.15, -0.1) is 6.58 Å². The summed E-state index contributed by atoms with van der Waals surface area (Å²) in [4.78, 5) is 0. The average molecular weight is 349 g/mol. The predicted octanol–water partition coefficient (Wildman–Crippen LogP) is 5.16. The van der Waals surface area contributed by atoms with Crippen LogP contribution in [0.2, 0.25) is 0 Å². The molecular weight excluding hydrogens is 326 g/mol. The van der Waals surface area contributed by atoms with Crippen LogP contribution in [0.25, 0.3) is 0 Å². The predicted molar refractivity (Wildman–Crippen MR) is 100 cm³/mol. The van der Waals surface area contributed by atoms with E-state index in [0.717, 1.165) is 42.9 Å². The van der Waals surface area contributed by atoms with Crippen molar-refractivity contribution >= 4 is 0 Å². The minimum absolute atomic E-state index is 0.145. The Morgan fingerprint density at radius 3 is 2.46 bits per heavy atom. The molecule has 4 nitrogen and oxygen atoms in total. The van der Waals surface area contributed by atoms with Crippen molar-refractivity contribution < 1.29 is 14.2 Å². The molecule has 0 bridgehead atoms. The molecule has 0 saturated carbocycles. The molecule has 1 saturated heterocycles. The topological polar surface area (TPSA) is 51.5 Å². The van der Waals surface area contributed by atoms with Gasteiger partial charge < -0.3 is 14.2 Å². The van der Waals surface area contributed by atoms with Crippen LogP contribution < -0.4 is 9.47 Å². The Kier molecular flexibility index (Phi) is 6.29. The van der Waals surface area contributed by atoms with Gasteiger partial charge in [-0.2, -0.15) is 5.26 Å². The molecule has 0 aromatic heterocycles. The molecule has 0 aliphatic carbocycles. The van der Waals surface area contributed by atoms with Crippen LogP contribution in [0.4, 0.5) is 0 Å². The van der Waals surface area contributed by atoms with E-state index in [2.05, 4.69) is 12.6 Å². The smallest absolute Gasteiger partial charge is 0.199 e. The van der Waals surface area contributed by atoms with E-state index in [-0.39, 0.29) is 12.4 Å². The Balaban J connectivity index is 1.64. The molecule has 3 rings (SSSR count). The van der Waals surface area contributed by atoms with Crippen molar-refractivity contribution in [3.05, 3.63) is 72.3 Å². The summed E-state index contributed by atoms with van der Waals surface area (Å²) in [6, 6.07) is 17.2. The largest absolute Gasteiger partial charge is 0.485 e. The van der Waals surface area contributed by atoms with Crippen LogP contribution in [0, 0.1) is 11.3 Å². The fraction of sp³-hybridized carbons (Fsp3) is 0.318. The van der Waals surface area contributed by atoms with Crippen LogP contribution in [0.5, 0.6) is 11.5 Å². The summed E-state index contributed by atoms with van der Waals surface area (Å²) in [6.07, 6.45) is 5.39. The minimum atomic E-state index is -0.150. The maximum absolute atomic E-state index is 8.93. The van der Waals surface area contributed by atoms with Crippen molar-refractivity contribution in [2.75, 3.05) is 6.61 Å². The third-order valence-electron chi connectivity index (χ3n) is 4.30. The Labute approximate surface area is 154 Å². The minimum Gasteiger partial charge on any atom is -0.485 e. The summed E-state index contributed by atoms with van der Waals surface area (Å²) in [5, 5.41) is 8.93.